The van der Waals surface area contributed by atoms with Crippen molar-refractivity contribution in [1.29, 1.82) is 0 Å². The minimum Gasteiger partial charge on any atom is -0.492 e. The van der Waals surface area contributed by atoms with Gasteiger partial charge in [0, 0.05) is 22.3 Å². The molecule has 2 amide bonds. The lowest BCUT2D eigenvalue weighted by atomic mass is 10.2. The number of rotatable bonds is 6. The Kier molecular flexibility index (Phi) is 6.09. The van der Waals surface area contributed by atoms with Crippen molar-refractivity contribution in [2.24, 2.45) is 0 Å². The molecule has 3 aromatic rings. The number of hydrogen-bond acceptors (Lipinski definition) is 4. The summed E-state index contributed by atoms with van der Waals surface area (Å²) in [6, 6.07) is 19.6. The van der Waals surface area contributed by atoms with Crippen molar-refractivity contribution >= 4 is 34.8 Å². The number of ether oxygens (including phenoxy) is 2. The van der Waals surface area contributed by atoms with E-state index in [1.165, 1.54) is 0 Å². The molecule has 0 saturated carbocycles. The van der Waals surface area contributed by atoms with E-state index in [1.54, 1.807) is 47.4 Å². The van der Waals surface area contributed by atoms with Gasteiger partial charge in [-0.05, 0) is 55.5 Å². The maximum absolute atomic E-state index is 12.4. The summed E-state index contributed by atoms with van der Waals surface area (Å²) in [6.45, 7) is 2.69. The SMILES string of the molecule is Cc1ccc(OCCN2C(=O)COc3cc(NC(=O)c4ccc(Cl)cc4)ccc32)cc1. The molecule has 6 nitrogen and oxygen atoms in total. The summed E-state index contributed by atoms with van der Waals surface area (Å²) in [5.74, 6) is 0.889. The third-order valence-electron chi connectivity index (χ3n) is 4.87. The number of aryl methyl sites for hydroxylation is 1. The van der Waals surface area contributed by atoms with Crippen molar-refractivity contribution in [3.8, 4) is 11.5 Å². The molecule has 7 heteroatoms. The zero-order valence-corrected chi connectivity index (χ0v) is 17.7. The van der Waals surface area contributed by atoms with Gasteiger partial charge >= 0.3 is 0 Å². The van der Waals surface area contributed by atoms with Crippen LogP contribution in [0.15, 0.2) is 66.7 Å². The molecule has 0 bridgehead atoms. The van der Waals surface area contributed by atoms with E-state index >= 15 is 0 Å². The van der Waals surface area contributed by atoms with Gasteiger partial charge in [0.05, 0.1) is 12.2 Å². The van der Waals surface area contributed by atoms with Crippen molar-refractivity contribution in [1.82, 2.24) is 0 Å². The van der Waals surface area contributed by atoms with E-state index in [-0.39, 0.29) is 18.4 Å². The molecule has 1 heterocycles. The lowest BCUT2D eigenvalue weighted by Gasteiger charge is -2.29. The minimum absolute atomic E-state index is 0.0634. The summed E-state index contributed by atoms with van der Waals surface area (Å²) in [4.78, 5) is 26.5. The molecular formula is C24H21ClN2O4. The molecule has 1 aliphatic rings. The molecule has 0 fully saturated rings. The van der Waals surface area contributed by atoms with Crippen LogP contribution in [0.4, 0.5) is 11.4 Å². The Labute approximate surface area is 185 Å². The first-order valence-electron chi connectivity index (χ1n) is 9.83. The van der Waals surface area contributed by atoms with Gasteiger partial charge in [0.1, 0.15) is 18.1 Å². The van der Waals surface area contributed by atoms with Crippen LogP contribution >= 0.6 is 11.6 Å². The number of anilines is 2. The molecule has 158 valence electrons. The summed E-state index contributed by atoms with van der Waals surface area (Å²) in [6.07, 6.45) is 0. The summed E-state index contributed by atoms with van der Waals surface area (Å²) in [7, 11) is 0. The maximum Gasteiger partial charge on any atom is 0.265 e. The summed E-state index contributed by atoms with van der Waals surface area (Å²) in [5.41, 5.74) is 2.87. The van der Waals surface area contributed by atoms with Crippen LogP contribution < -0.4 is 19.7 Å². The Bertz CT molecular complexity index is 1100. The Morgan fingerprint density at radius 3 is 2.58 bits per heavy atom. The highest BCUT2D eigenvalue weighted by atomic mass is 35.5. The van der Waals surface area contributed by atoms with Gasteiger partial charge in [-0.3, -0.25) is 9.59 Å². The molecule has 1 N–H and O–H groups in total. The lowest BCUT2D eigenvalue weighted by molar-refractivity contribution is -0.121. The highest BCUT2D eigenvalue weighted by molar-refractivity contribution is 6.30. The average Bonchev–Trinajstić information content (AvgIpc) is 2.77. The molecule has 1 aliphatic heterocycles. The molecule has 0 spiro atoms. The maximum atomic E-state index is 12.4. The Morgan fingerprint density at radius 1 is 1.10 bits per heavy atom. The number of nitrogens with zero attached hydrogens (tertiary/aromatic N) is 1. The van der Waals surface area contributed by atoms with E-state index < -0.39 is 0 Å². The second-order valence-corrected chi connectivity index (χ2v) is 7.58. The van der Waals surface area contributed by atoms with Gasteiger partial charge in [-0.15, -0.1) is 0 Å². The van der Waals surface area contributed by atoms with E-state index in [9.17, 15) is 9.59 Å². The van der Waals surface area contributed by atoms with Crippen molar-refractivity contribution in [3.05, 3.63) is 82.9 Å². The normalized spacial score (nSPS) is 12.7. The van der Waals surface area contributed by atoms with Crippen molar-refractivity contribution in [2.45, 2.75) is 6.92 Å². The standard InChI is InChI=1S/C24H21ClN2O4/c1-16-2-9-20(10-3-16)30-13-12-27-21-11-8-19(14-22(21)31-15-23(27)28)26-24(29)17-4-6-18(25)7-5-17/h2-11,14H,12-13,15H2,1H3,(H,26,29). The quantitative estimate of drug-likeness (QED) is 0.608. The van der Waals surface area contributed by atoms with Gasteiger partial charge in [0.15, 0.2) is 6.61 Å². The molecule has 4 rings (SSSR count). The fourth-order valence-corrected chi connectivity index (χ4v) is 3.35. The number of benzene rings is 3. The molecule has 31 heavy (non-hydrogen) atoms. The van der Waals surface area contributed by atoms with Crippen LogP contribution in [0.25, 0.3) is 0 Å². The highest BCUT2D eigenvalue weighted by Crippen LogP contribution is 2.34. The third-order valence-corrected chi connectivity index (χ3v) is 5.12. The smallest absolute Gasteiger partial charge is 0.265 e. The molecule has 0 aliphatic carbocycles. The van der Waals surface area contributed by atoms with E-state index in [4.69, 9.17) is 21.1 Å². The van der Waals surface area contributed by atoms with Crippen LogP contribution in [-0.4, -0.2) is 31.6 Å². The number of carbonyl (C=O) groups is 2. The van der Waals surface area contributed by atoms with E-state index in [0.717, 1.165) is 11.3 Å². The second kappa shape index (κ2) is 9.10. The van der Waals surface area contributed by atoms with Gasteiger partial charge in [-0.1, -0.05) is 29.3 Å². The summed E-state index contributed by atoms with van der Waals surface area (Å²) < 4.78 is 11.3. The number of nitrogens with one attached hydrogen (secondary N) is 1. The number of carbonyl (C=O) groups excluding carboxylic acids is 2. The number of halogens is 1. The zero-order chi connectivity index (χ0) is 21.8. The fraction of sp³-hybridized carbons (Fsp3) is 0.167. The first-order valence-corrected chi connectivity index (χ1v) is 10.2. The van der Waals surface area contributed by atoms with E-state index in [0.29, 0.717) is 40.9 Å². The molecular weight excluding hydrogens is 416 g/mol. The predicted octanol–water partition coefficient (Wildman–Crippen LogP) is 4.71. The minimum atomic E-state index is -0.258. The average molecular weight is 437 g/mol. The first kappa shape index (κ1) is 20.8. The number of hydrogen-bond donors (Lipinski definition) is 1. The Morgan fingerprint density at radius 2 is 1.84 bits per heavy atom. The van der Waals surface area contributed by atoms with Gasteiger partial charge < -0.3 is 19.7 Å². The monoisotopic (exact) mass is 436 g/mol. The van der Waals surface area contributed by atoms with Crippen LogP contribution in [0.5, 0.6) is 11.5 Å². The van der Waals surface area contributed by atoms with E-state index in [1.807, 2.05) is 31.2 Å². The molecule has 0 saturated heterocycles. The van der Waals surface area contributed by atoms with Crippen LogP contribution in [0.2, 0.25) is 5.02 Å². The van der Waals surface area contributed by atoms with Crippen LogP contribution in [0.3, 0.4) is 0 Å². The van der Waals surface area contributed by atoms with Gasteiger partial charge in [-0.25, -0.2) is 0 Å². The predicted molar refractivity (Wildman–Crippen MR) is 120 cm³/mol. The van der Waals surface area contributed by atoms with Crippen LogP contribution in [0.1, 0.15) is 15.9 Å². The topological polar surface area (TPSA) is 67.9 Å². The molecule has 0 unspecified atom stereocenters. The van der Waals surface area contributed by atoms with Gasteiger partial charge in [-0.2, -0.15) is 0 Å². The van der Waals surface area contributed by atoms with Gasteiger partial charge in [0.2, 0.25) is 0 Å². The fourth-order valence-electron chi connectivity index (χ4n) is 3.22. The second-order valence-electron chi connectivity index (χ2n) is 7.14. The van der Waals surface area contributed by atoms with Crippen LogP contribution in [-0.2, 0) is 4.79 Å². The zero-order valence-electron chi connectivity index (χ0n) is 16.9. The summed E-state index contributed by atoms with van der Waals surface area (Å²) >= 11 is 5.87. The van der Waals surface area contributed by atoms with Crippen molar-refractivity contribution < 1.29 is 19.1 Å². The summed E-state index contributed by atoms with van der Waals surface area (Å²) in [5, 5.41) is 3.40. The largest absolute Gasteiger partial charge is 0.492 e. The first-order chi connectivity index (χ1) is 15.0. The Hall–Kier alpha value is -3.51. The Balaban J connectivity index is 1.43. The molecule has 0 aromatic heterocycles. The van der Waals surface area contributed by atoms with Crippen molar-refractivity contribution in [3.63, 3.8) is 0 Å². The van der Waals surface area contributed by atoms with Crippen LogP contribution in [0, 0.1) is 6.92 Å². The van der Waals surface area contributed by atoms with Gasteiger partial charge in [0.25, 0.3) is 11.8 Å². The highest BCUT2D eigenvalue weighted by Gasteiger charge is 2.26. The number of fused-ring (bicyclic) bond motifs is 1. The lowest BCUT2D eigenvalue weighted by Crippen LogP contribution is -2.41. The van der Waals surface area contributed by atoms with Crippen molar-refractivity contribution in [2.75, 3.05) is 30.0 Å². The third kappa shape index (κ3) is 4.98. The number of amides is 2. The molecule has 3 aromatic carbocycles. The van der Waals surface area contributed by atoms with E-state index in [2.05, 4.69) is 5.32 Å². The molecule has 0 atom stereocenters. The molecule has 0 radical (unpaired) electrons.